The zero-order valence-corrected chi connectivity index (χ0v) is 11.1. The molecule has 1 heterocycles. The molecule has 0 aromatic rings. The minimum Gasteiger partial charge on any atom is -0.465 e. The average molecular weight is 250 g/mol. The summed E-state index contributed by atoms with van der Waals surface area (Å²) < 4.78 is 0. The van der Waals surface area contributed by atoms with E-state index in [1.807, 2.05) is 6.08 Å². The highest BCUT2D eigenvalue weighted by Crippen LogP contribution is 2.16. The predicted molar refractivity (Wildman–Crippen MR) is 72.4 cm³/mol. The average Bonchev–Trinajstić information content (AvgIpc) is 2.35. The molecule has 0 aromatic carbocycles. The van der Waals surface area contributed by atoms with Gasteiger partial charge in [0.2, 0.25) is 0 Å². The molecular weight excluding hydrogens is 228 g/mol. The highest BCUT2D eigenvalue weighted by Gasteiger charge is 2.20. The molecule has 0 unspecified atom stereocenters. The fourth-order valence-corrected chi connectivity index (χ4v) is 1.99. The summed E-state index contributed by atoms with van der Waals surface area (Å²) in [4.78, 5) is 14.4. The van der Waals surface area contributed by atoms with Gasteiger partial charge in [-0.1, -0.05) is 12.0 Å². The normalized spacial score (nSPS) is 16.2. The molecule has 0 saturated carbocycles. The summed E-state index contributed by atoms with van der Waals surface area (Å²) in [5, 5.41) is 8.83. The number of carboxylic acid groups (broad SMARTS) is 1. The van der Waals surface area contributed by atoms with Crippen LogP contribution in [-0.4, -0.2) is 54.2 Å². The van der Waals surface area contributed by atoms with Crippen molar-refractivity contribution >= 4 is 6.09 Å². The topological polar surface area (TPSA) is 43.8 Å². The van der Waals surface area contributed by atoms with Crippen LogP contribution in [0.15, 0.2) is 12.7 Å². The molecule has 4 heteroatoms. The zero-order valence-electron chi connectivity index (χ0n) is 11.1. The van der Waals surface area contributed by atoms with Crippen molar-refractivity contribution in [1.29, 1.82) is 0 Å². The largest absolute Gasteiger partial charge is 0.465 e. The maximum absolute atomic E-state index is 10.7. The van der Waals surface area contributed by atoms with Gasteiger partial charge in [-0.25, -0.2) is 4.79 Å². The van der Waals surface area contributed by atoms with Gasteiger partial charge in [-0.3, -0.25) is 0 Å². The lowest BCUT2D eigenvalue weighted by Crippen LogP contribution is -2.37. The van der Waals surface area contributed by atoms with Crippen molar-refractivity contribution in [1.82, 2.24) is 9.80 Å². The van der Waals surface area contributed by atoms with Gasteiger partial charge in [-0.05, 0) is 19.9 Å². The summed E-state index contributed by atoms with van der Waals surface area (Å²) in [6.07, 6.45) is 3.66. The van der Waals surface area contributed by atoms with Crippen molar-refractivity contribution < 1.29 is 9.90 Å². The van der Waals surface area contributed by atoms with Crippen LogP contribution in [0.4, 0.5) is 4.79 Å². The first-order valence-electron chi connectivity index (χ1n) is 6.39. The van der Waals surface area contributed by atoms with Crippen molar-refractivity contribution in [2.45, 2.75) is 19.3 Å². The minimum absolute atomic E-state index is 0.366. The summed E-state index contributed by atoms with van der Waals surface area (Å²) in [5.74, 6) is 6.82. The van der Waals surface area contributed by atoms with E-state index in [0.29, 0.717) is 19.0 Å². The molecule has 0 spiro atoms. The fraction of sp³-hybridized carbons (Fsp3) is 0.643. The van der Waals surface area contributed by atoms with Gasteiger partial charge >= 0.3 is 6.09 Å². The highest BCUT2D eigenvalue weighted by molar-refractivity contribution is 5.65. The lowest BCUT2D eigenvalue weighted by molar-refractivity contribution is 0.130. The molecule has 18 heavy (non-hydrogen) atoms. The number of nitrogens with zero attached hydrogens (tertiary/aromatic N) is 2. The Kier molecular flexibility index (Phi) is 6.31. The Morgan fingerprint density at radius 1 is 1.56 bits per heavy atom. The summed E-state index contributed by atoms with van der Waals surface area (Å²) in [7, 11) is 2.05. The number of piperidine rings is 1. The molecule has 4 nitrogen and oxygen atoms in total. The van der Waals surface area contributed by atoms with Crippen molar-refractivity contribution in [2.75, 3.05) is 33.2 Å². The second-order valence-electron chi connectivity index (χ2n) is 4.67. The third kappa shape index (κ3) is 5.24. The van der Waals surface area contributed by atoms with Gasteiger partial charge in [0.15, 0.2) is 0 Å². The first kappa shape index (κ1) is 14.6. The van der Waals surface area contributed by atoms with E-state index >= 15 is 0 Å². The monoisotopic (exact) mass is 250 g/mol. The van der Waals surface area contributed by atoms with Gasteiger partial charge in [0.1, 0.15) is 0 Å². The summed E-state index contributed by atoms with van der Waals surface area (Å²) in [6.45, 7) is 6.76. The Labute approximate surface area is 109 Å². The maximum Gasteiger partial charge on any atom is 0.407 e. The quantitative estimate of drug-likeness (QED) is 0.612. The van der Waals surface area contributed by atoms with E-state index in [-0.39, 0.29) is 0 Å². The van der Waals surface area contributed by atoms with Crippen LogP contribution in [0.3, 0.4) is 0 Å². The number of likely N-dealkylation sites (tertiary alicyclic amines) is 1. The molecule has 1 amide bonds. The van der Waals surface area contributed by atoms with E-state index < -0.39 is 6.09 Å². The minimum atomic E-state index is -0.813. The molecule has 0 radical (unpaired) electrons. The van der Waals surface area contributed by atoms with Crippen LogP contribution in [0.25, 0.3) is 0 Å². The van der Waals surface area contributed by atoms with Crippen molar-refractivity contribution in [2.24, 2.45) is 5.92 Å². The highest BCUT2D eigenvalue weighted by atomic mass is 16.4. The van der Waals surface area contributed by atoms with Crippen molar-refractivity contribution in [3.05, 3.63) is 12.7 Å². The molecule has 1 N–H and O–H groups in total. The van der Waals surface area contributed by atoms with Gasteiger partial charge in [-0.15, -0.1) is 12.5 Å². The van der Waals surface area contributed by atoms with Crippen LogP contribution >= 0.6 is 0 Å². The second kappa shape index (κ2) is 7.78. The number of hydrogen-bond acceptors (Lipinski definition) is 2. The van der Waals surface area contributed by atoms with Crippen LogP contribution in [-0.2, 0) is 0 Å². The predicted octanol–water partition coefficient (Wildman–Crippen LogP) is 1.89. The summed E-state index contributed by atoms with van der Waals surface area (Å²) in [6, 6.07) is 0. The molecular formula is C14H22N2O2. The molecule has 1 rings (SSSR count). The Balaban J connectivity index is 2.21. The van der Waals surface area contributed by atoms with Crippen LogP contribution < -0.4 is 0 Å². The number of likely N-dealkylation sites (N-methyl/N-ethyl adjacent to an activating group) is 1. The Morgan fingerprint density at radius 3 is 2.78 bits per heavy atom. The molecule has 100 valence electrons. The summed E-state index contributed by atoms with van der Waals surface area (Å²) in [5.41, 5.74) is 0. The SMILES string of the molecule is C=CCN(C)CCC#CC1CCN(C(=O)O)CC1. The van der Waals surface area contributed by atoms with Crippen LogP contribution in [0, 0.1) is 17.8 Å². The van der Waals surface area contributed by atoms with E-state index in [1.165, 1.54) is 4.90 Å². The van der Waals surface area contributed by atoms with Gasteiger partial charge in [-0.2, -0.15) is 0 Å². The number of rotatable bonds is 4. The molecule has 0 atom stereocenters. The molecule has 1 aliphatic rings. The number of carbonyl (C=O) groups is 1. The van der Waals surface area contributed by atoms with E-state index in [1.54, 1.807) is 0 Å². The van der Waals surface area contributed by atoms with E-state index in [4.69, 9.17) is 5.11 Å². The first-order valence-corrected chi connectivity index (χ1v) is 6.39. The van der Waals surface area contributed by atoms with E-state index in [2.05, 4.69) is 30.4 Å². The lowest BCUT2D eigenvalue weighted by atomic mass is 9.97. The Hall–Kier alpha value is -1.47. The van der Waals surface area contributed by atoms with Crippen LogP contribution in [0.2, 0.25) is 0 Å². The lowest BCUT2D eigenvalue weighted by Gasteiger charge is -2.27. The van der Waals surface area contributed by atoms with Gasteiger partial charge in [0.05, 0.1) is 0 Å². The van der Waals surface area contributed by atoms with E-state index in [9.17, 15) is 4.79 Å². The molecule has 1 fully saturated rings. The molecule has 0 aliphatic carbocycles. The molecule has 1 aliphatic heterocycles. The van der Waals surface area contributed by atoms with Crippen molar-refractivity contribution in [3.63, 3.8) is 0 Å². The van der Waals surface area contributed by atoms with Gasteiger partial charge < -0.3 is 14.9 Å². The van der Waals surface area contributed by atoms with Gasteiger partial charge in [0, 0.05) is 38.5 Å². The Bertz CT molecular complexity index is 335. The van der Waals surface area contributed by atoms with Gasteiger partial charge in [0.25, 0.3) is 0 Å². The van der Waals surface area contributed by atoms with E-state index in [0.717, 1.165) is 32.4 Å². The number of amides is 1. The summed E-state index contributed by atoms with van der Waals surface area (Å²) >= 11 is 0. The first-order chi connectivity index (χ1) is 8.63. The maximum atomic E-state index is 10.7. The Morgan fingerprint density at radius 2 is 2.22 bits per heavy atom. The molecule has 0 aromatic heterocycles. The van der Waals surface area contributed by atoms with Crippen LogP contribution in [0.5, 0.6) is 0 Å². The third-order valence-corrected chi connectivity index (χ3v) is 3.13. The smallest absolute Gasteiger partial charge is 0.407 e. The fourth-order valence-electron chi connectivity index (χ4n) is 1.99. The standard InChI is InChI=1S/C14H22N2O2/c1-3-9-15(2)10-5-4-6-13-7-11-16(12-8-13)14(17)18/h3,13H,1,5,7-12H2,2H3,(H,17,18). The molecule has 1 saturated heterocycles. The number of hydrogen-bond donors (Lipinski definition) is 1. The third-order valence-electron chi connectivity index (χ3n) is 3.13. The molecule has 0 bridgehead atoms. The second-order valence-corrected chi connectivity index (χ2v) is 4.67. The zero-order chi connectivity index (χ0) is 13.4. The van der Waals surface area contributed by atoms with Crippen molar-refractivity contribution in [3.8, 4) is 11.8 Å². The van der Waals surface area contributed by atoms with Crippen LogP contribution in [0.1, 0.15) is 19.3 Å².